The number of hydrogen-bond acceptors (Lipinski definition) is 6. The third kappa shape index (κ3) is 4.84. The molecule has 0 saturated heterocycles. The molecule has 2 N–H and O–H groups in total. The van der Waals surface area contributed by atoms with Crippen molar-refractivity contribution in [2.24, 2.45) is 0 Å². The molecule has 1 aromatic heterocycles. The topological polar surface area (TPSA) is 110 Å². The van der Waals surface area contributed by atoms with Gasteiger partial charge in [0.1, 0.15) is 0 Å². The third-order valence-electron chi connectivity index (χ3n) is 4.01. The number of carbonyl (C=O) groups excluding carboxylic acids is 2. The highest BCUT2D eigenvalue weighted by atomic mass is 32.2. The van der Waals surface area contributed by atoms with Gasteiger partial charge in [-0.3, -0.25) is 25.0 Å². The lowest BCUT2D eigenvalue weighted by molar-refractivity contribution is 0.0846. The van der Waals surface area contributed by atoms with Gasteiger partial charge in [0, 0.05) is 35.5 Å². The molecule has 0 aliphatic rings. The highest BCUT2D eigenvalue weighted by Gasteiger charge is 2.12. The van der Waals surface area contributed by atoms with E-state index >= 15 is 0 Å². The molecule has 0 fully saturated rings. The van der Waals surface area contributed by atoms with Gasteiger partial charge in [-0.15, -0.1) is 0 Å². The summed E-state index contributed by atoms with van der Waals surface area (Å²) in [6, 6.07) is 12.3. The highest BCUT2D eigenvalue weighted by Crippen LogP contribution is 2.19. The minimum absolute atomic E-state index is 0.110. The van der Waals surface area contributed by atoms with Crippen molar-refractivity contribution >= 4 is 33.4 Å². The predicted molar refractivity (Wildman–Crippen MR) is 110 cm³/mol. The fourth-order valence-electron chi connectivity index (χ4n) is 2.55. The Morgan fingerprint density at radius 3 is 2.28 bits per heavy atom. The van der Waals surface area contributed by atoms with Crippen molar-refractivity contribution in [1.82, 2.24) is 20.4 Å². The van der Waals surface area contributed by atoms with Crippen LogP contribution in [0.1, 0.15) is 20.7 Å². The van der Waals surface area contributed by atoms with E-state index in [1.165, 1.54) is 36.0 Å². The molecular formula is C19H18N4O4S2. The molecule has 2 amide bonds. The lowest BCUT2D eigenvalue weighted by Crippen LogP contribution is -2.41. The first kappa shape index (κ1) is 20.6. The Bertz CT molecular complexity index is 1150. The van der Waals surface area contributed by atoms with Gasteiger partial charge in [0.25, 0.3) is 11.8 Å². The first-order valence-electron chi connectivity index (χ1n) is 8.38. The molecule has 3 rings (SSSR count). The summed E-state index contributed by atoms with van der Waals surface area (Å²) >= 11 is 1.48. The van der Waals surface area contributed by atoms with E-state index in [1.54, 1.807) is 30.6 Å². The average Bonchev–Trinajstić information content (AvgIpc) is 3.20. The summed E-state index contributed by atoms with van der Waals surface area (Å²) in [5.41, 5.74) is 6.02. The van der Waals surface area contributed by atoms with Gasteiger partial charge >= 0.3 is 0 Å². The van der Waals surface area contributed by atoms with E-state index in [0.29, 0.717) is 5.56 Å². The van der Waals surface area contributed by atoms with Crippen molar-refractivity contribution in [3.63, 3.8) is 0 Å². The Kier molecular flexibility index (Phi) is 6.04. The summed E-state index contributed by atoms with van der Waals surface area (Å²) in [4.78, 5) is 28.9. The quantitative estimate of drug-likeness (QED) is 0.474. The molecule has 1 heterocycles. The fraction of sp³-hybridized carbons (Fsp3) is 0.105. The molecule has 0 atom stereocenters. The summed E-state index contributed by atoms with van der Waals surface area (Å²) < 4.78 is 24.8. The van der Waals surface area contributed by atoms with Gasteiger partial charge in [0.15, 0.2) is 15.0 Å². The second-order valence-electron chi connectivity index (χ2n) is 6.04. The Morgan fingerprint density at radius 2 is 1.66 bits per heavy atom. The Hall–Kier alpha value is -3.11. The van der Waals surface area contributed by atoms with Gasteiger partial charge in [-0.2, -0.15) is 0 Å². The van der Waals surface area contributed by atoms with Gasteiger partial charge in [0.05, 0.1) is 4.90 Å². The molecule has 0 aliphatic heterocycles. The molecule has 0 radical (unpaired) electrons. The minimum atomic E-state index is -3.34. The number of amides is 2. The number of hydrogen-bond donors (Lipinski definition) is 2. The van der Waals surface area contributed by atoms with Crippen LogP contribution in [0.15, 0.2) is 71.0 Å². The van der Waals surface area contributed by atoms with Crippen LogP contribution in [0.4, 0.5) is 0 Å². The van der Waals surface area contributed by atoms with Crippen LogP contribution in [0.25, 0.3) is 5.69 Å². The highest BCUT2D eigenvalue weighted by molar-refractivity contribution is 7.98. The normalized spacial score (nSPS) is 11.1. The second-order valence-corrected chi connectivity index (χ2v) is 8.83. The monoisotopic (exact) mass is 430 g/mol. The summed E-state index contributed by atoms with van der Waals surface area (Å²) in [5, 5.41) is 0.786. The SMILES string of the molecule is CSc1nccn1-c1cccc(C(=O)NNC(=O)c2ccc(S(C)(=O)=O)cc2)c1. The van der Waals surface area contributed by atoms with Crippen molar-refractivity contribution in [3.8, 4) is 5.69 Å². The standard InChI is InChI=1S/C19H18N4O4S2/c1-28-19-20-10-11-23(19)15-5-3-4-14(12-15)18(25)22-21-17(24)13-6-8-16(9-7-13)29(2,26)27/h3-12H,1-2H3,(H,21,24)(H,22,25). The third-order valence-corrected chi connectivity index (χ3v) is 5.81. The number of hydrazine groups is 1. The average molecular weight is 431 g/mol. The van der Waals surface area contributed by atoms with Crippen LogP contribution in [-0.2, 0) is 9.84 Å². The smallest absolute Gasteiger partial charge is 0.269 e. The molecular weight excluding hydrogens is 412 g/mol. The molecule has 0 saturated carbocycles. The summed E-state index contributed by atoms with van der Waals surface area (Å²) in [5.74, 6) is -1.05. The van der Waals surface area contributed by atoms with Crippen LogP contribution in [0, 0.1) is 0 Å². The van der Waals surface area contributed by atoms with E-state index in [0.717, 1.165) is 17.1 Å². The zero-order valence-electron chi connectivity index (χ0n) is 15.6. The van der Waals surface area contributed by atoms with Crippen LogP contribution in [0.2, 0.25) is 0 Å². The number of imidazole rings is 1. The molecule has 29 heavy (non-hydrogen) atoms. The summed E-state index contributed by atoms with van der Waals surface area (Å²) in [7, 11) is -3.34. The molecule has 10 heteroatoms. The number of benzene rings is 2. The number of thioether (sulfide) groups is 1. The lowest BCUT2D eigenvalue weighted by atomic mass is 10.2. The van der Waals surface area contributed by atoms with Crippen molar-refractivity contribution in [1.29, 1.82) is 0 Å². The van der Waals surface area contributed by atoms with Crippen LogP contribution in [0.5, 0.6) is 0 Å². The van der Waals surface area contributed by atoms with Crippen LogP contribution >= 0.6 is 11.8 Å². The maximum Gasteiger partial charge on any atom is 0.269 e. The number of nitrogens with one attached hydrogen (secondary N) is 2. The van der Waals surface area contributed by atoms with E-state index in [-0.39, 0.29) is 10.5 Å². The van der Waals surface area contributed by atoms with Gasteiger partial charge in [0.2, 0.25) is 0 Å². The van der Waals surface area contributed by atoms with Crippen molar-refractivity contribution in [2.75, 3.05) is 12.5 Å². The predicted octanol–water partition coefficient (Wildman–Crippen LogP) is 2.07. The summed E-state index contributed by atoms with van der Waals surface area (Å²) in [6.07, 6.45) is 6.47. The lowest BCUT2D eigenvalue weighted by Gasteiger charge is -2.10. The molecule has 0 bridgehead atoms. The van der Waals surface area contributed by atoms with Crippen LogP contribution in [0.3, 0.4) is 0 Å². The zero-order valence-corrected chi connectivity index (χ0v) is 17.3. The summed E-state index contributed by atoms with van der Waals surface area (Å²) in [6.45, 7) is 0. The van der Waals surface area contributed by atoms with Crippen molar-refractivity contribution in [2.45, 2.75) is 10.1 Å². The van der Waals surface area contributed by atoms with Crippen molar-refractivity contribution in [3.05, 3.63) is 72.1 Å². The number of rotatable bonds is 5. The van der Waals surface area contributed by atoms with E-state index < -0.39 is 21.7 Å². The second kappa shape index (κ2) is 8.50. The van der Waals surface area contributed by atoms with E-state index in [9.17, 15) is 18.0 Å². The van der Waals surface area contributed by atoms with Crippen LogP contribution in [-0.4, -0.2) is 42.3 Å². The molecule has 150 valence electrons. The Morgan fingerprint density at radius 1 is 1.00 bits per heavy atom. The van der Waals surface area contributed by atoms with Gasteiger partial charge in [-0.25, -0.2) is 13.4 Å². The molecule has 0 spiro atoms. The molecule has 2 aromatic carbocycles. The van der Waals surface area contributed by atoms with Gasteiger partial charge in [-0.05, 0) is 48.7 Å². The molecule has 0 aliphatic carbocycles. The first-order chi connectivity index (χ1) is 13.8. The van der Waals surface area contributed by atoms with E-state index in [2.05, 4.69) is 15.8 Å². The first-order valence-corrected chi connectivity index (χ1v) is 11.5. The minimum Gasteiger partial charge on any atom is -0.295 e. The van der Waals surface area contributed by atoms with Crippen molar-refractivity contribution < 1.29 is 18.0 Å². The molecule has 8 nitrogen and oxygen atoms in total. The van der Waals surface area contributed by atoms with Gasteiger partial charge in [-0.1, -0.05) is 17.8 Å². The van der Waals surface area contributed by atoms with Gasteiger partial charge < -0.3 is 0 Å². The van der Waals surface area contributed by atoms with E-state index in [4.69, 9.17) is 0 Å². The fourth-order valence-corrected chi connectivity index (χ4v) is 3.71. The van der Waals surface area contributed by atoms with Crippen LogP contribution < -0.4 is 10.9 Å². The Labute approximate surface area is 172 Å². The molecule has 3 aromatic rings. The van der Waals surface area contributed by atoms with E-state index in [1.807, 2.05) is 16.9 Å². The number of sulfone groups is 1. The number of aromatic nitrogens is 2. The number of carbonyl (C=O) groups is 2. The molecule has 0 unspecified atom stereocenters. The largest absolute Gasteiger partial charge is 0.295 e. The Balaban J connectivity index is 1.68. The maximum absolute atomic E-state index is 12.4. The maximum atomic E-state index is 12.4. The zero-order chi connectivity index (χ0) is 21.0. The number of nitrogens with zero attached hydrogens (tertiary/aromatic N) is 2.